The van der Waals surface area contributed by atoms with Crippen LogP contribution in [0.25, 0.3) is 0 Å². The van der Waals surface area contributed by atoms with Crippen LogP contribution in [0.15, 0.2) is 60.8 Å². The standard InChI is InChI=1S/C28H45NO3S2/c1-3-5-6-7-8-9-10-11-12-13-14-15-16-17-18-19-20-22-27(30)23-21-25-33-34-26-24-29-28(31)32-4-2/h5-6,8-9,11-12,14-15,17-18H,3-4,7,10,13,16,19-26H2,1-2H3,(H,29,31)/b6-5-,9-8-,12-11-,15-14-,18-17-. The first-order chi connectivity index (χ1) is 16.7. The lowest BCUT2D eigenvalue weighted by molar-refractivity contribution is -0.119. The van der Waals surface area contributed by atoms with Crippen molar-refractivity contribution in [2.75, 3.05) is 24.7 Å². The van der Waals surface area contributed by atoms with Crippen molar-refractivity contribution in [3.8, 4) is 0 Å². The molecule has 0 radical (unpaired) electrons. The highest BCUT2D eigenvalue weighted by Gasteiger charge is 2.02. The molecule has 192 valence electrons. The number of unbranched alkanes of at least 4 members (excludes halogenated alkanes) is 1. The number of nitrogens with one attached hydrogen (secondary N) is 1. The molecule has 0 aliphatic heterocycles. The first-order valence-corrected chi connectivity index (χ1v) is 15.1. The maximum absolute atomic E-state index is 11.9. The Morgan fingerprint density at radius 1 is 0.706 bits per heavy atom. The number of allylic oxidation sites excluding steroid dienone is 10. The summed E-state index contributed by atoms with van der Waals surface area (Å²) in [7, 11) is 3.47. The molecule has 4 nitrogen and oxygen atoms in total. The minimum atomic E-state index is -0.358. The highest BCUT2D eigenvalue weighted by Crippen LogP contribution is 2.22. The van der Waals surface area contributed by atoms with Gasteiger partial charge < -0.3 is 10.1 Å². The van der Waals surface area contributed by atoms with Crippen LogP contribution < -0.4 is 5.32 Å². The average Bonchev–Trinajstić information content (AvgIpc) is 2.83. The van der Waals surface area contributed by atoms with Crippen molar-refractivity contribution < 1.29 is 14.3 Å². The van der Waals surface area contributed by atoms with E-state index in [-0.39, 0.29) is 6.09 Å². The monoisotopic (exact) mass is 507 g/mol. The molecule has 0 atom stereocenters. The molecule has 0 aliphatic carbocycles. The van der Waals surface area contributed by atoms with Gasteiger partial charge in [0.2, 0.25) is 0 Å². The summed E-state index contributed by atoms with van der Waals surface area (Å²) in [5.74, 6) is 2.16. The van der Waals surface area contributed by atoms with E-state index < -0.39 is 0 Å². The van der Waals surface area contributed by atoms with Gasteiger partial charge in [0, 0.05) is 30.9 Å². The zero-order chi connectivity index (χ0) is 25.0. The number of carbonyl (C=O) groups is 2. The number of ether oxygens (including phenoxy) is 1. The lowest BCUT2D eigenvalue weighted by atomic mass is 10.1. The van der Waals surface area contributed by atoms with Gasteiger partial charge in [-0.05, 0) is 58.3 Å². The lowest BCUT2D eigenvalue weighted by Gasteiger charge is -2.04. The fraction of sp³-hybridized carbons (Fsp3) is 0.571. The second-order valence-corrected chi connectivity index (χ2v) is 10.2. The molecule has 0 rings (SSSR count). The molecule has 0 aromatic carbocycles. The van der Waals surface area contributed by atoms with Crippen molar-refractivity contribution >= 4 is 33.5 Å². The molecule has 0 fully saturated rings. The molecule has 0 aromatic rings. The van der Waals surface area contributed by atoms with Crippen molar-refractivity contribution in [2.45, 2.75) is 78.1 Å². The Bertz CT molecular complexity index is 640. The molecule has 0 saturated heterocycles. The summed E-state index contributed by atoms with van der Waals surface area (Å²) in [5, 5.41) is 2.69. The van der Waals surface area contributed by atoms with Crippen molar-refractivity contribution in [3.63, 3.8) is 0 Å². The van der Waals surface area contributed by atoms with Crippen LogP contribution in [0.1, 0.15) is 78.1 Å². The zero-order valence-electron chi connectivity index (χ0n) is 21.2. The summed E-state index contributed by atoms with van der Waals surface area (Å²) < 4.78 is 4.79. The quantitative estimate of drug-likeness (QED) is 0.0906. The minimum absolute atomic E-state index is 0.358. The number of carbonyl (C=O) groups excluding carboxylic acids is 2. The van der Waals surface area contributed by atoms with E-state index in [1.807, 2.05) is 0 Å². The normalized spacial score (nSPS) is 12.2. The molecule has 0 aliphatic rings. The van der Waals surface area contributed by atoms with E-state index in [1.54, 1.807) is 28.5 Å². The topological polar surface area (TPSA) is 55.4 Å². The second-order valence-electron chi connectivity index (χ2n) is 7.53. The van der Waals surface area contributed by atoms with Crippen LogP contribution in [-0.2, 0) is 9.53 Å². The molecule has 0 spiro atoms. The van der Waals surface area contributed by atoms with Crippen molar-refractivity contribution in [3.05, 3.63) is 60.8 Å². The van der Waals surface area contributed by atoms with Crippen molar-refractivity contribution in [1.82, 2.24) is 5.32 Å². The van der Waals surface area contributed by atoms with E-state index >= 15 is 0 Å². The number of rotatable bonds is 22. The molecule has 34 heavy (non-hydrogen) atoms. The van der Waals surface area contributed by atoms with Gasteiger partial charge in [0.25, 0.3) is 0 Å². The van der Waals surface area contributed by atoms with E-state index in [2.05, 4.69) is 73.0 Å². The Kier molecular flexibility index (Phi) is 26.2. The number of hydrogen-bond acceptors (Lipinski definition) is 5. The zero-order valence-corrected chi connectivity index (χ0v) is 22.8. The molecular formula is C28H45NO3S2. The molecule has 0 aromatic heterocycles. The SMILES string of the molecule is CC/C=C\C/C=C\C/C=C\C/C=C\C/C=C\CCCC(=O)CCCSSCCNC(=O)OCC. The smallest absolute Gasteiger partial charge is 0.407 e. The van der Waals surface area contributed by atoms with Crippen LogP contribution in [0.5, 0.6) is 0 Å². The summed E-state index contributed by atoms with van der Waals surface area (Å²) in [6.45, 7) is 4.94. The van der Waals surface area contributed by atoms with Crippen LogP contribution >= 0.6 is 21.6 Å². The lowest BCUT2D eigenvalue weighted by Crippen LogP contribution is -2.26. The molecule has 1 amide bonds. The first-order valence-electron chi connectivity index (χ1n) is 12.6. The number of ketones is 1. The van der Waals surface area contributed by atoms with Gasteiger partial charge in [-0.3, -0.25) is 4.79 Å². The van der Waals surface area contributed by atoms with Crippen LogP contribution in [0, 0.1) is 0 Å². The molecule has 6 heteroatoms. The summed E-state index contributed by atoms with van der Waals surface area (Å²) >= 11 is 0. The van der Waals surface area contributed by atoms with Crippen molar-refractivity contribution in [1.29, 1.82) is 0 Å². The maximum atomic E-state index is 11.9. The Hall–Kier alpha value is -1.66. The van der Waals surface area contributed by atoms with Crippen LogP contribution in [-0.4, -0.2) is 36.5 Å². The van der Waals surface area contributed by atoms with Crippen LogP contribution in [0.4, 0.5) is 4.79 Å². The Morgan fingerprint density at radius 3 is 1.82 bits per heavy atom. The summed E-state index contributed by atoms with van der Waals surface area (Å²) in [6.07, 6.45) is 30.9. The third kappa shape index (κ3) is 26.6. The van der Waals surface area contributed by atoms with Gasteiger partial charge in [-0.25, -0.2) is 4.79 Å². The Labute approximate surface area is 216 Å². The molecule has 1 N–H and O–H groups in total. The van der Waals surface area contributed by atoms with Gasteiger partial charge in [0.15, 0.2) is 0 Å². The predicted molar refractivity (Wildman–Crippen MR) is 152 cm³/mol. The largest absolute Gasteiger partial charge is 0.450 e. The van der Waals surface area contributed by atoms with Gasteiger partial charge in [-0.15, -0.1) is 0 Å². The van der Waals surface area contributed by atoms with E-state index in [4.69, 9.17) is 4.74 Å². The fourth-order valence-corrected chi connectivity index (χ4v) is 4.73. The third-order valence-corrected chi connectivity index (χ3v) is 6.97. The molecule has 0 saturated carbocycles. The highest BCUT2D eigenvalue weighted by atomic mass is 33.1. The van der Waals surface area contributed by atoms with E-state index in [9.17, 15) is 9.59 Å². The van der Waals surface area contributed by atoms with Gasteiger partial charge in [0.1, 0.15) is 5.78 Å². The van der Waals surface area contributed by atoms with Crippen LogP contribution in [0.3, 0.4) is 0 Å². The maximum Gasteiger partial charge on any atom is 0.407 e. The fourth-order valence-electron chi connectivity index (χ4n) is 2.73. The van der Waals surface area contributed by atoms with Gasteiger partial charge in [-0.1, -0.05) is 89.3 Å². The summed E-state index contributed by atoms with van der Waals surface area (Å²) in [5.41, 5.74) is 0. The van der Waals surface area contributed by atoms with E-state index in [1.165, 1.54) is 0 Å². The van der Waals surface area contributed by atoms with Crippen molar-refractivity contribution in [2.24, 2.45) is 0 Å². The highest BCUT2D eigenvalue weighted by molar-refractivity contribution is 8.76. The van der Waals surface area contributed by atoms with E-state index in [0.717, 1.165) is 62.9 Å². The number of alkyl carbamates (subject to hydrolysis) is 1. The average molecular weight is 508 g/mol. The summed E-state index contributed by atoms with van der Waals surface area (Å²) in [6, 6.07) is 0. The van der Waals surface area contributed by atoms with Gasteiger partial charge in [0.05, 0.1) is 6.61 Å². The predicted octanol–water partition coefficient (Wildman–Crippen LogP) is 8.38. The number of hydrogen-bond donors (Lipinski definition) is 1. The van der Waals surface area contributed by atoms with Crippen LogP contribution in [0.2, 0.25) is 0 Å². The van der Waals surface area contributed by atoms with E-state index in [0.29, 0.717) is 31.8 Å². The molecule has 0 bridgehead atoms. The summed E-state index contributed by atoms with van der Waals surface area (Å²) in [4.78, 5) is 23.1. The molecular weight excluding hydrogens is 462 g/mol. The molecule has 0 unspecified atom stereocenters. The molecule has 0 heterocycles. The van der Waals surface area contributed by atoms with Gasteiger partial charge >= 0.3 is 6.09 Å². The number of amides is 1. The third-order valence-electron chi connectivity index (χ3n) is 4.48. The Balaban J connectivity index is 3.46. The number of Topliss-reactive ketones (excluding diaryl/α,β-unsaturated/α-hetero) is 1. The first kappa shape index (κ1) is 32.3. The van der Waals surface area contributed by atoms with Gasteiger partial charge in [-0.2, -0.15) is 0 Å². The minimum Gasteiger partial charge on any atom is -0.450 e. The second kappa shape index (κ2) is 27.6. The Morgan fingerprint density at radius 2 is 1.24 bits per heavy atom.